The second-order valence-corrected chi connectivity index (χ2v) is 5.39. The van der Waals surface area contributed by atoms with Crippen LogP contribution < -0.4 is 9.47 Å². The van der Waals surface area contributed by atoms with Gasteiger partial charge in [-0.05, 0) is 42.9 Å². The molecular weight excluding hydrogens is 345 g/mol. The van der Waals surface area contributed by atoms with E-state index in [0.29, 0.717) is 11.5 Å². The van der Waals surface area contributed by atoms with Crippen molar-refractivity contribution in [3.8, 4) is 11.5 Å². The standard InChI is InChI=1S/C18H16FNO4S/c1-12-2-3-13(17(8-12)23-7-6-18(21)22)10-24-14-4-5-16(20-11-25)15(19)9-14/h2-5,8-9H,6-7,10H2,1H3,(H,21,22). The van der Waals surface area contributed by atoms with Crippen molar-refractivity contribution >= 4 is 29.0 Å². The average Bonchev–Trinajstić information content (AvgIpc) is 2.56. The molecule has 0 fully saturated rings. The molecule has 1 N–H and O–H groups in total. The first kappa shape index (κ1) is 18.6. The molecule has 5 nitrogen and oxygen atoms in total. The van der Waals surface area contributed by atoms with E-state index in [1.165, 1.54) is 12.1 Å². The van der Waals surface area contributed by atoms with Crippen LogP contribution in [0.1, 0.15) is 17.5 Å². The maximum absolute atomic E-state index is 13.8. The summed E-state index contributed by atoms with van der Waals surface area (Å²) < 4.78 is 24.9. The lowest BCUT2D eigenvalue weighted by Crippen LogP contribution is -2.07. The van der Waals surface area contributed by atoms with Crippen LogP contribution in [0.2, 0.25) is 0 Å². The van der Waals surface area contributed by atoms with Crippen molar-refractivity contribution in [2.24, 2.45) is 4.99 Å². The molecule has 0 atom stereocenters. The number of isothiocyanates is 1. The number of ether oxygens (including phenoxy) is 2. The van der Waals surface area contributed by atoms with Crippen LogP contribution in [0.25, 0.3) is 0 Å². The molecular formula is C18H16FNO4S. The van der Waals surface area contributed by atoms with Crippen molar-refractivity contribution in [1.29, 1.82) is 0 Å². The smallest absolute Gasteiger partial charge is 0.306 e. The summed E-state index contributed by atoms with van der Waals surface area (Å²) in [5.74, 6) is -0.613. The van der Waals surface area contributed by atoms with Gasteiger partial charge in [0.15, 0.2) is 5.82 Å². The minimum Gasteiger partial charge on any atom is -0.493 e. The van der Waals surface area contributed by atoms with E-state index < -0.39 is 11.8 Å². The SMILES string of the molecule is Cc1ccc(COc2ccc(N=C=S)c(F)c2)c(OCCC(=O)O)c1. The maximum atomic E-state index is 13.8. The molecule has 0 amide bonds. The number of benzene rings is 2. The average molecular weight is 361 g/mol. The number of aliphatic imine (C=N–C) groups is 1. The Morgan fingerprint density at radius 1 is 1.28 bits per heavy atom. The van der Waals surface area contributed by atoms with Crippen LogP contribution in [-0.4, -0.2) is 22.8 Å². The van der Waals surface area contributed by atoms with Crippen molar-refractivity contribution in [1.82, 2.24) is 0 Å². The van der Waals surface area contributed by atoms with E-state index >= 15 is 0 Å². The van der Waals surface area contributed by atoms with Gasteiger partial charge in [-0.15, -0.1) is 0 Å². The predicted molar refractivity (Wildman–Crippen MR) is 94.3 cm³/mol. The molecule has 2 rings (SSSR count). The lowest BCUT2D eigenvalue weighted by atomic mass is 10.1. The second-order valence-electron chi connectivity index (χ2n) is 5.21. The largest absolute Gasteiger partial charge is 0.493 e. The summed E-state index contributed by atoms with van der Waals surface area (Å²) in [6.07, 6.45) is -0.0959. The molecule has 2 aromatic carbocycles. The van der Waals surface area contributed by atoms with Crippen LogP contribution in [0.5, 0.6) is 11.5 Å². The molecule has 130 valence electrons. The zero-order valence-electron chi connectivity index (χ0n) is 13.5. The molecule has 0 spiro atoms. The fourth-order valence-corrected chi connectivity index (χ4v) is 2.14. The molecule has 0 unspecified atom stereocenters. The fraction of sp³-hybridized carbons (Fsp3) is 0.222. The van der Waals surface area contributed by atoms with Gasteiger partial charge < -0.3 is 14.6 Å². The molecule has 2 aromatic rings. The van der Waals surface area contributed by atoms with Crippen molar-refractivity contribution < 1.29 is 23.8 Å². The number of carboxylic acids is 1. The number of hydrogen-bond acceptors (Lipinski definition) is 5. The molecule has 0 radical (unpaired) electrons. The number of carboxylic acid groups (broad SMARTS) is 1. The highest BCUT2D eigenvalue weighted by Gasteiger charge is 2.08. The number of nitrogens with zero attached hydrogens (tertiary/aromatic N) is 1. The van der Waals surface area contributed by atoms with Crippen molar-refractivity contribution in [3.63, 3.8) is 0 Å². The lowest BCUT2D eigenvalue weighted by Gasteiger charge is -2.13. The van der Waals surface area contributed by atoms with Crippen LogP contribution in [0.3, 0.4) is 0 Å². The molecule has 0 aromatic heterocycles. The Labute approximate surface area is 149 Å². The molecule has 25 heavy (non-hydrogen) atoms. The fourth-order valence-electron chi connectivity index (χ4n) is 2.04. The molecule has 0 aliphatic carbocycles. The summed E-state index contributed by atoms with van der Waals surface area (Å²) in [6, 6.07) is 9.76. The molecule has 7 heteroatoms. The Bertz CT molecular complexity index is 819. The van der Waals surface area contributed by atoms with E-state index in [1.54, 1.807) is 12.1 Å². The highest BCUT2D eigenvalue weighted by molar-refractivity contribution is 7.78. The Kier molecular flexibility index (Phi) is 6.62. The number of thiocarbonyl (C=S) groups is 1. The predicted octanol–water partition coefficient (Wildman–Crippen LogP) is 4.30. The Morgan fingerprint density at radius 3 is 2.76 bits per heavy atom. The topological polar surface area (TPSA) is 68.1 Å². The number of carbonyl (C=O) groups is 1. The second kappa shape index (κ2) is 8.92. The van der Waals surface area contributed by atoms with Gasteiger partial charge in [-0.1, -0.05) is 12.1 Å². The van der Waals surface area contributed by atoms with Gasteiger partial charge >= 0.3 is 5.97 Å². The van der Waals surface area contributed by atoms with Gasteiger partial charge in [0.2, 0.25) is 0 Å². The number of rotatable bonds is 8. The zero-order valence-corrected chi connectivity index (χ0v) is 14.3. The number of aliphatic carboxylic acids is 1. The summed E-state index contributed by atoms with van der Waals surface area (Å²) in [5, 5.41) is 10.8. The van der Waals surface area contributed by atoms with Crippen LogP contribution in [0.15, 0.2) is 41.4 Å². The Balaban J connectivity index is 2.08. The summed E-state index contributed by atoms with van der Waals surface area (Å²) in [5.41, 5.74) is 1.80. The van der Waals surface area contributed by atoms with Crippen LogP contribution in [0.4, 0.5) is 10.1 Å². The summed E-state index contributed by atoms with van der Waals surface area (Å²) in [6.45, 7) is 2.11. The van der Waals surface area contributed by atoms with E-state index in [4.69, 9.17) is 14.6 Å². The minimum atomic E-state index is -0.931. The first-order valence-electron chi connectivity index (χ1n) is 7.44. The van der Waals surface area contributed by atoms with Crippen molar-refractivity contribution in [3.05, 3.63) is 53.3 Å². The van der Waals surface area contributed by atoms with Crippen LogP contribution in [-0.2, 0) is 11.4 Å². The monoisotopic (exact) mass is 361 g/mol. The van der Waals surface area contributed by atoms with Gasteiger partial charge in [0, 0.05) is 11.6 Å². The van der Waals surface area contributed by atoms with E-state index in [9.17, 15) is 9.18 Å². The zero-order chi connectivity index (χ0) is 18.2. The normalized spacial score (nSPS) is 10.0. The summed E-state index contributed by atoms with van der Waals surface area (Å²) >= 11 is 4.45. The number of halogens is 1. The van der Waals surface area contributed by atoms with Gasteiger partial charge in [0.25, 0.3) is 0 Å². The van der Waals surface area contributed by atoms with E-state index in [1.807, 2.05) is 19.1 Å². The maximum Gasteiger partial charge on any atom is 0.306 e. The van der Waals surface area contributed by atoms with Gasteiger partial charge in [-0.2, -0.15) is 4.99 Å². The van der Waals surface area contributed by atoms with Gasteiger partial charge in [-0.25, -0.2) is 4.39 Å². The van der Waals surface area contributed by atoms with Gasteiger partial charge in [-0.3, -0.25) is 4.79 Å². The Morgan fingerprint density at radius 2 is 2.08 bits per heavy atom. The highest BCUT2D eigenvalue weighted by Crippen LogP contribution is 2.26. The van der Waals surface area contributed by atoms with Gasteiger partial charge in [0.05, 0.1) is 18.2 Å². The highest BCUT2D eigenvalue weighted by atomic mass is 32.1. The number of aryl methyl sites for hydroxylation is 1. The summed E-state index contributed by atoms with van der Waals surface area (Å²) in [4.78, 5) is 14.2. The lowest BCUT2D eigenvalue weighted by molar-refractivity contribution is -0.137. The number of hydrogen-bond donors (Lipinski definition) is 1. The first-order valence-corrected chi connectivity index (χ1v) is 7.85. The molecule has 0 bridgehead atoms. The molecule has 0 saturated heterocycles. The first-order chi connectivity index (χ1) is 12.0. The van der Waals surface area contributed by atoms with Crippen molar-refractivity contribution in [2.45, 2.75) is 20.0 Å². The molecule has 0 aliphatic rings. The molecule has 0 aliphatic heterocycles. The van der Waals surface area contributed by atoms with Crippen LogP contribution >= 0.6 is 12.2 Å². The molecule has 0 heterocycles. The minimum absolute atomic E-state index is 0.0602. The van der Waals surface area contributed by atoms with E-state index in [-0.39, 0.29) is 25.3 Å². The third-order valence-electron chi connectivity index (χ3n) is 3.28. The van der Waals surface area contributed by atoms with Crippen LogP contribution in [0, 0.1) is 12.7 Å². The third-order valence-corrected chi connectivity index (χ3v) is 3.37. The summed E-state index contributed by atoms with van der Waals surface area (Å²) in [7, 11) is 0. The Hall–Kier alpha value is -2.76. The van der Waals surface area contributed by atoms with E-state index in [2.05, 4.69) is 22.4 Å². The quantitative estimate of drug-likeness (QED) is 0.561. The van der Waals surface area contributed by atoms with Crippen molar-refractivity contribution in [2.75, 3.05) is 6.61 Å². The van der Waals surface area contributed by atoms with Gasteiger partial charge in [0.1, 0.15) is 23.8 Å². The van der Waals surface area contributed by atoms with E-state index in [0.717, 1.165) is 11.1 Å². The third kappa shape index (κ3) is 5.67. The molecule has 0 saturated carbocycles.